The maximum atomic E-state index is 6.10. The fourth-order valence-corrected chi connectivity index (χ4v) is 3.04. The summed E-state index contributed by atoms with van der Waals surface area (Å²) in [7, 11) is 0. The minimum Gasteiger partial charge on any atom is -0.369 e. The molecule has 4 nitrogen and oxygen atoms in total. The zero-order valence-corrected chi connectivity index (χ0v) is 12.4. The number of pyridine rings is 1. The monoisotopic (exact) mass is 302 g/mol. The van der Waals surface area contributed by atoms with Gasteiger partial charge in [0.05, 0.1) is 10.0 Å². The molecule has 1 heterocycles. The van der Waals surface area contributed by atoms with Gasteiger partial charge in [-0.2, -0.15) is 0 Å². The lowest BCUT2D eigenvalue weighted by molar-refractivity contribution is 0.345. The van der Waals surface area contributed by atoms with Crippen molar-refractivity contribution in [1.29, 1.82) is 0 Å². The number of halogens is 2. The Hall–Kier alpha value is -0.710. The Balaban J connectivity index is 1.88. The van der Waals surface area contributed by atoms with Crippen molar-refractivity contribution in [3.05, 3.63) is 16.1 Å². The van der Waals surface area contributed by atoms with Crippen LogP contribution >= 0.6 is 23.2 Å². The molecule has 1 aliphatic carbocycles. The molecule has 4 N–H and O–H groups in total. The molecule has 0 bridgehead atoms. The number of anilines is 2. The van der Waals surface area contributed by atoms with Crippen molar-refractivity contribution < 1.29 is 0 Å². The Kier molecular flexibility index (Phi) is 5.55. The van der Waals surface area contributed by atoms with Crippen LogP contribution in [-0.2, 0) is 0 Å². The Morgan fingerprint density at radius 2 is 1.84 bits per heavy atom. The number of hydrazine groups is 1. The predicted octanol–water partition coefficient (Wildman–Crippen LogP) is 4.06. The van der Waals surface area contributed by atoms with Crippen LogP contribution < -0.4 is 16.6 Å². The number of nitrogens with zero attached hydrogens (tertiary/aromatic N) is 1. The van der Waals surface area contributed by atoms with Gasteiger partial charge in [-0.25, -0.2) is 10.8 Å². The molecule has 6 heteroatoms. The molecule has 0 radical (unpaired) electrons. The van der Waals surface area contributed by atoms with E-state index < -0.39 is 0 Å². The molecule has 0 unspecified atom stereocenters. The molecule has 0 saturated heterocycles. The number of hydrogen-bond donors (Lipinski definition) is 3. The molecule has 1 fully saturated rings. The summed E-state index contributed by atoms with van der Waals surface area (Å²) in [6.07, 6.45) is 7.97. The van der Waals surface area contributed by atoms with Gasteiger partial charge < -0.3 is 10.7 Å². The number of nitrogen functional groups attached to an aromatic ring is 1. The maximum absolute atomic E-state index is 6.10. The molecule has 19 heavy (non-hydrogen) atoms. The zero-order valence-electron chi connectivity index (χ0n) is 10.9. The van der Waals surface area contributed by atoms with Crippen LogP contribution in [0.4, 0.5) is 11.6 Å². The Labute approximate surface area is 124 Å². The lowest BCUT2D eigenvalue weighted by Gasteiger charge is -2.21. The van der Waals surface area contributed by atoms with Gasteiger partial charge in [-0.3, -0.25) is 0 Å². The number of aromatic nitrogens is 1. The summed E-state index contributed by atoms with van der Waals surface area (Å²) in [5, 5.41) is 4.21. The number of hydrogen-bond acceptors (Lipinski definition) is 4. The summed E-state index contributed by atoms with van der Waals surface area (Å²) in [6, 6.07) is 1.65. The highest BCUT2D eigenvalue weighted by Crippen LogP contribution is 2.29. The fourth-order valence-electron chi connectivity index (χ4n) is 2.56. The average Bonchev–Trinajstić information content (AvgIpc) is 2.42. The Morgan fingerprint density at radius 3 is 2.53 bits per heavy atom. The molecule has 1 aromatic rings. The smallest absolute Gasteiger partial charge is 0.161 e. The van der Waals surface area contributed by atoms with E-state index in [9.17, 15) is 0 Å². The van der Waals surface area contributed by atoms with E-state index >= 15 is 0 Å². The normalized spacial score (nSPS) is 16.4. The highest BCUT2D eigenvalue weighted by atomic mass is 35.5. The van der Waals surface area contributed by atoms with Crippen LogP contribution in [0.3, 0.4) is 0 Å². The van der Waals surface area contributed by atoms with E-state index in [-0.39, 0.29) is 0 Å². The van der Waals surface area contributed by atoms with Gasteiger partial charge in [-0.15, -0.1) is 0 Å². The average molecular weight is 303 g/mol. The fraction of sp³-hybridized carbons (Fsp3) is 0.615. The molecule has 0 aliphatic heterocycles. The lowest BCUT2D eigenvalue weighted by atomic mass is 9.87. The van der Waals surface area contributed by atoms with E-state index in [0.717, 1.165) is 18.9 Å². The van der Waals surface area contributed by atoms with E-state index in [1.54, 1.807) is 6.07 Å². The van der Waals surface area contributed by atoms with Gasteiger partial charge >= 0.3 is 0 Å². The quantitative estimate of drug-likeness (QED) is 0.567. The first-order valence-corrected chi connectivity index (χ1v) is 7.53. The lowest BCUT2D eigenvalue weighted by Crippen LogP contribution is -2.14. The van der Waals surface area contributed by atoms with Gasteiger partial charge in [-0.1, -0.05) is 55.3 Å². The summed E-state index contributed by atoms with van der Waals surface area (Å²) in [6.45, 7) is 0.878. The van der Waals surface area contributed by atoms with E-state index in [4.69, 9.17) is 29.0 Å². The number of nitrogens with one attached hydrogen (secondary N) is 2. The van der Waals surface area contributed by atoms with Crippen molar-refractivity contribution in [3.63, 3.8) is 0 Å². The zero-order chi connectivity index (χ0) is 13.7. The molecule has 0 atom stereocenters. The topological polar surface area (TPSA) is 63.0 Å². The van der Waals surface area contributed by atoms with Gasteiger partial charge in [0.1, 0.15) is 5.82 Å². The summed E-state index contributed by atoms with van der Waals surface area (Å²) < 4.78 is 0. The van der Waals surface area contributed by atoms with Crippen molar-refractivity contribution in [1.82, 2.24) is 4.98 Å². The van der Waals surface area contributed by atoms with Gasteiger partial charge in [0.15, 0.2) is 5.82 Å². The minimum absolute atomic E-state index is 0.422. The number of rotatable bonds is 5. The molecule has 1 aliphatic rings. The Morgan fingerprint density at radius 1 is 1.16 bits per heavy atom. The van der Waals surface area contributed by atoms with Crippen LogP contribution in [0.2, 0.25) is 10.0 Å². The summed E-state index contributed by atoms with van der Waals surface area (Å²) in [5.41, 5.74) is 2.46. The van der Waals surface area contributed by atoms with Gasteiger partial charge in [-0.05, 0) is 18.4 Å². The summed E-state index contributed by atoms with van der Waals surface area (Å²) in [5.74, 6) is 7.25. The van der Waals surface area contributed by atoms with E-state index in [2.05, 4.69) is 15.7 Å². The molecule has 106 valence electrons. The van der Waals surface area contributed by atoms with Gasteiger partial charge in [0, 0.05) is 6.54 Å². The van der Waals surface area contributed by atoms with Crippen LogP contribution in [-0.4, -0.2) is 11.5 Å². The van der Waals surface area contributed by atoms with Crippen molar-refractivity contribution in [2.45, 2.75) is 38.5 Å². The summed E-state index contributed by atoms with van der Waals surface area (Å²) in [4.78, 5) is 4.26. The van der Waals surface area contributed by atoms with Crippen molar-refractivity contribution >= 4 is 34.8 Å². The second-order valence-corrected chi connectivity index (χ2v) is 5.83. The molecule has 0 spiro atoms. The highest BCUT2D eigenvalue weighted by molar-refractivity contribution is 6.37. The van der Waals surface area contributed by atoms with Crippen molar-refractivity contribution in [2.24, 2.45) is 11.8 Å². The van der Waals surface area contributed by atoms with Crippen LogP contribution in [0.5, 0.6) is 0 Å². The molecule has 2 rings (SSSR count). The summed E-state index contributed by atoms with van der Waals surface area (Å²) >= 11 is 12.0. The van der Waals surface area contributed by atoms with Gasteiger partial charge in [0.25, 0.3) is 0 Å². The standard InChI is InChI=1S/C13H20Cl2N4/c14-10-8-11(15)13(19-16)18-12(10)17-7-6-9-4-2-1-3-5-9/h8-9H,1-7,16H2,(H2,17,18,19). The van der Waals surface area contributed by atoms with Crippen molar-refractivity contribution in [3.8, 4) is 0 Å². The molecular formula is C13H20Cl2N4. The van der Waals surface area contributed by atoms with Crippen LogP contribution in [0.15, 0.2) is 6.07 Å². The Bertz CT molecular complexity index is 419. The highest BCUT2D eigenvalue weighted by Gasteiger charge is 2.13. The molecule has 1 saturated carbocycles. The largest absolute Gasteiger partial charge is 0.369 e. The SMILES string of the molecule is NNc1nc(NCCC2CCCCC2)c(Cl)cc1Cl. The van der Waals surface area contributed by atoms with E-state index in [1.165, 1.54) is 32.1 Å². The second-order valence-electron chi connectivity index (χ2n) is 5.01. The first-order chi connectivity index (χ1) is 9.20. The van der Waals surface area contributed by atoms with Crippen LogP contribution in [0.25, 0.3) is 0 Å². The second kappa shape index (κ2) is 7.17. The minimum atomic E-state index is 0.422. The van der Waals surface area contributed by atoms with E-state index in [0.29, 0.717) is 21.7 Å². The molecule has 1 aromatic heterocycles. The molecule has 0 aromatic carbocycles. The first-order valence-electron chi connectivity index (χ1n) is 6.77. The maximum Gasteiger partial charge on any atom is 0.161 e. The third-order valence-electron chi connectivity index (χ3n) is 3.64. The van der Waals surface area contributed by atoms with E-state index in [1.807, 2.05) is 0 Å². The third-order valence-corrected chi connectivity index (χ3v) is 4.21. The molecule has 0 amide bonds. The molecular weight excluding hydrogens is 283 g/mol. The third kappa shape index (κ3) is 4.13. The van der Waals surface area contributed by atoms with Crippen LogP contribution in [0.1, 0.15) is 38.5 Å². The predicted molar refractivity (Wildman–Crippen MR) is 81.7 cm³/mol. The first kappa shape index (κ1) is 14.7. The number of nitrogens with two attached hydrogens (primary N) is 1. The van der Waals surface area contributed by atoms with Gasteiger partial charge in [0.2, 0.25) is 0 Å². The van der Waals surface area contributed by atoms with Crippen LogP contribution in [0, 0.1) is 5.92 Å². The van der Waals surface area contributed by atoms with Crippen molar-refractivity contribution in [2.75, 3.05) is 17.3 Å².